The molecule has 1 heterocycles. The minimum absolute atomic E-state index is 0.104. The van der Waals surface area contributed by atoms with E-state index in [0.717, 1.165) is 0 Å². The second-order valence-electron chi connectivity index (χ2n) is 4.42. The van der Waals surface area contributed by atoms with Crippen molar-refractivity contribution in [3.05, 3.63) is 28.7 Å². The zero-order valence-corrected chi connectivity index (χ0v) is 10.9. The van der Waals surface area contributed by atoms with Crippen molar-refractivity contribution in [3.8, 4) is 0 Å². The molecule has 0 aliphatic heterocycles. The zero-order valence-electron chi connectivity index (χ0n) is 10.1. The van der Waals surface area contributed by atoms with Gasteiger partial charge in [-0.15, -0.1) is 0 Å². The molecule has 0 aliphatic rings. The molecule has 0 spiro atoms. The second kappa shape index (κ2) is 4.58. The topological polar surface area (TPSA) is 92.2 Å². The number of hydrogen-bond donors (Lipinski definition) is 2. The van der Waals surface area contributed by atoms with Crippen molar-refractivity contribution in [2.24, 2.45) is 5.92 Å². The minimum Gasteiger partial charge on any atom is -0.408 e. The summed E-state index contributed by atoms with van der Waals surface area (Å²) in [5.74, 6) is -0.382. The fourth-order valence-electron chi connectivity index (χ4n) is 1.46. The van der Waals surface area contributed by atoms with Crippen LogP contribution in [-0.2, 0) is 10.0 Å². The molecule has 0 saturated heterocycles. The lowest BCUT2D eigenvalue weighted by molar-refractivity contribution is 0.555. The van der Waals surface area contributed by atoms with Crippen molar-refractivity contribution < 1.29 is 12.8 Å². The van der Waals surface area contributed by atoms with E-state index in [4.69, 9.17) is 4.42 Å². The highest BCUT2D eigenvalue weighted by Gasteiger charge is 2.15. The quantitative estimate of drug-likeness (QED) is 0.868. The molecule has 98 valence electrons. The van der Waals surface area contributed by atoms with Gasteiger partial charge in [0.2, 0.25) is 10.0 Å². The third-order valence-electron chi connectivity index (χ3n) is 2.38. The Bertz CT molecular complexity index is 712. The molecule has 0 fully saturated rings. The van der Waals surface area contributed by atoms with Crippen LogP contribution in [0.4, 0.5) is 0 Å². The van der Waals surface area contributed by atoms with Crippen LogP contribution in [0.15, 0.2) is 32.3 Å². The molecule has 0 unspecified atom stereocenters. The van der Waals surface area contributed by atoms with E-state index in [-0.39, 0.29) is 10.8 Å². The van der Waals surface area contributed by atoms with Gasteiger partial charge >= 0.3 is 5.76 Å². The predicted molar refractivity (Wildman–Crippen MR) is 66.9 cm³/mol. The molecule has 2 rings (SSSR count). The van der Waals surface area contributed by atoms with Gasteiger partial charge < -0.3 is 4.42 Å². The molecular weight excluding hydrogens is 256 g/mol. The molecule has 7 heteroatoms. The number of fused-ring (bicyclic) bond motifs is 1. The molecule has 1 aromatic carbocycles. The van der Waals surface area contributed by atoms with Gasteiger partial charge in [0.1, 0.15) is 0 Å². The molecule has 0 bridgehead atoms. The number of nitrogens with one attached hydrogen (secondary N) is 2. The lowest BCUT2D eigenvalue weighted by Crippen LogP contribution is -2.27. The van der Waals surface area contributed by atoms with E-state index in [1.165, 1.54) is 18.2 Å². The van der Waals surface area contributed by atoms with E-state index in [1.54, 1.807) is 0 Å². The van der Waals surface area contributed by atoms with Crippen LogP contribution in [0.2, 0.25) is 0 Å². The average Bonchev–Trinajstić information content (AvgIpc) is 2.65. The standard InChI is InChI=1S/C11H14N2O4S/c1-7(2)6-12-18(15,16)8-3-4-10-9(5-8)13-11(14)17-10/h3-5,7,12H,6H2,1-2H3,(H,13,14). The molecule has 2 aromatic rings. The Labute approximate surface area is 104 Å². The fraction of sp³-hybridized carbons (Fsp3) is 0.364. The van der Waals surface area contributed by atoms with Crippen molar-refractivity contribution in [2.45, 2.75) is 18.7 Å². The van der Waals surface area contributed by atoms with Gasteiger partial charge in [0.15, 0.2) is 5.58 Å². The van der Waals surface area contributed by atoms with E-state index in [2.05, 4.69) is 9.71 Å². The summed E-state index contributed by atoms with van der Waals surface area (Å²) in [5.41, 5.74) is 0.704. The Morgan fingerprint density at radius 2 is 2.11 bits per heavy atom. The van der Waals surface area contributed by atoms with Crippen molar-refractivity contribution >= 4 is 21.1 Å². The van der Waals surface area contributed by atoms with Gasteiger partial charge in [0.05, 0.1) is 10.4 Å². The fourth-order valence-corrected chi connectivity index (χ4v) is 2.70. The molecule has 18 heavy (non-hydrogen) atoms. The summed E-state index contributed by atoms with van der Waals surface area (Å²) in [5, 5.41) is 0. The second-order valence-corrected chi connectivity index (χ2v) is 6.19. The number of benzene rings is 1. The van der Waals surface area contributed by atoms with Crippen molar-refractivity contribution in [1.29, 1.82) is 0 Å². The smallest absolute Gasteiger partial charge is 0.408 e. The number of H-pyrrole nitrogens is 1. The number of aromatic amines is 1. The molecule has 1 aromatic heterocycles. The Morgan fingerprint density at radius 3 is 2.78 bits per heavy atom. The molecule has 2 N–H and O–H groups in total. The van der Waals surface area contributed by atoms with Crippen molar-refractivity contribution in [1.82, 2.24) is 9.71 Å². The minimum atomic E-state index is -3.55. The first-order valence-electron chi connectivity index (χ1n) is 5.51. The Balaban J connectivity index is 2.38. The maximum Gasteiger partial charge on any atom is 0.417 e. The lowest BCUT2D eigenvalue weighted by Gasteiger charge is -2.08. The highest BCUT2D eigenvalue weighted by molar-refractivity contribution is 7.89. The Hall–Kier alpha value is -1.60. The molecule has 0 saturated carbocycles. The number of hydrogen-bond acceptors (Lipinski definition) is 4. The van der Waals surface area contributed by atoms with Crippen LogP contribution >= 0.6 is 0 Å². The largest absolute Gasteiger partial charge is 0.417 e. The number of rotatable bonds is 4. The molecule has 6 nitrogen and oxygen atoms in total. The molecule has 0 atom stereocenters. The normalized spacial score (nSPS) is 12.4. The van der Waals surface area contributed by atoms with E-state index in [0.29, 0.717) is 17.6 Å². The van der Waals surface area contributed by atoms with Gasteiger partial charge in [-0.3, -0.25) is 4.98 Å². The predicted octanol–water partition coefficient (Wildman–Crippen LogP) is 1.06. The summed E-state index contributed by atoms with van der Waals surface area (Å²) >= 11 is 0. The van der Waals surface area contributed by atoms with Crippen LogP contribution in [-0.4, -0.2) is 19.9 Å². The van der Waals surface area contributed by atoms with Crippen LogP contribution in [0.3, 0.4) is 0 Å². The summed E-state index contributed by atoms with van der Waals surface area (Å²) in [6, 6.07) is 4.24. The van der Waals surface area contributed by atoms with E-state index in [9.17, 15) is 13.2 Å². The third-order valence-corrected chi connectivity index (χ3v) is 3.80. The van der Waals surface area contributed by atoms with E-state index in [1.807, 2.05) is 13.8 Å². The van der Waals surface area contributed by atoms with Gasteiger partial charge in [0.25, 0.3) is 0 Å². The Morgan fingerprint density at radius 1 is 1.39 bits per heavy atom. The van der Waals surface area contributed by atoms with Gasteiger partial charge in [-0.05, 0) is 24.1 Å². The van der Waals surface area contributed by atoms with Gasteiger partial charge in [-0.25, -0.2) is 17.9 Å². The first-order valence-corrected chi connectivity index (χ1v) is 6.99. The summed E-state index contributed by atoms with van der Waals surface area (Å²) in [4.78, 5) is 13.5. The van der Waals surface area contributed by atoms with Gasteiger partial charge in [-0.1, -0.05) is 13.8 Å². The van der Waals surface area contributed by atoms with Crippen LogP contribution < -0.4 is 10.5 Å². The van der Waals surface area contributed by atoms with Crippen molar-refractivity contribution in [2.75, 3.05) is 6.54 Å². The number of aromatic nitrogens is 1. The van der Waals surface area contributed by atoms with Crippen LogP contribution in [0.25, 0.3) is 11.1 Å². The zero-order chi connectivity index (χ0) is 13.3. The van der Waals surface area contributed by atoms with Crippen LogP contribution in [0, 0.1) is 5.92 Å². The highest BCUT2D eigenvalue weighted by Crippen LogP contribution is 2.16. The van der Waals surface area contributed by atoms with Crippen LogP contribution in [0.1, 0.15) is 13.8 Å². The van der Waals surface area contributed by atoms with Gasteiger partial charge in [-0.2, -0.15) is 0 Å². The highest BCUT2D eigenvalue weighted by atomic mass is 32.2. The molecular formula is C11H14N2O4S. The van der Waals surface area contributed by atoms with Gasteiger partial charge in [0, 0.05) is 6.54 Å². The third kappa shape index (κ3) is 2.62. The number of sulfonamides is 1. The maximum atomic E-state index is 12.0. The van der Waals surface area contributed by atoms with E-state index >= 15 is 0 Å². The monoisotopic (exact) mass is 270 g/mol. The molecule has 0 radical (unpaired) electrons. The first-order chi connectivity index (χ1) is 8.38. The lowest BCUT2D eigenvalue weighted by atomic mass is 10.2. The summed E-state index contributed by atoms with van der Waals surface area (Å²) in [6.07, 6.45) is 0. The maximum absolute atomic E-state index is 12.0. The first kappa shape index (κ1) is 12.8. The molecule has 0 amide bonds. The Kier molecular flexibility index (Phi) is 3.27. The summed E-state index contributed by atoms with van der Waals surface area (Å²) in [7, 11) is -3.55. The summed E-state index contributed by atoms with van der Waals surface area (Å²) < 4.78 is 31.2. The molecule has 0 aliphatic carbocycles. The number of oxazole rings is 1. The summed E-state index contributed by atoms with van der Waals surface area (Å²) in [6.45, 7) is 4.20. The SMILES string of the molecule is CC(C)CNS(=O)(=O)c1ccc2oc(=O)[nH]c2c1. The average molecular weight is 270 g/mol. The van der Waals surface area contributed by atoms with Crippen LogP contribution in [0.5, 0.6) is 0 Å². The van der Waals surface area contributed by atoms with Crippen molar-refractivity contribution in [3.63, 3.8) is 0 Å². The van der Waals surface area contributed by atoms with E-state index < -0.39 is 15.8 Å².